The molecule has 2 aromatic rings. The van der Waals surface area contributed by atoms with E-state index < -0.39 is 0 Å². The summed E-state index contributed by atoms with van der Waals surface area (Å²) in [6.45, 7) is 8.45. The van der Waals surface area contributed by atoms with Crippen LogP contribution in [-0.2, 0) is 0 Å². The second kappa shape index (κ2) is 6.44. The van der Waals surface area contributed by atoms with Crippen LogP contribution in [0.25, 0.3) is 0 Å². The van der Waals surface area contributed by atoms with E-state index in [0.29, 0.717) is 17.9 Å². The lowest BCUT2D eigenvalue weighted by atomic mass is 9.93. The molecule has 21 heavy (non-hydrogen) atoms. The van der Waals surface area contributed by atoms with Gasteiger partial charge in [0.25, 0.3) is 0 Å². The minimum Gasteiger partial charge on any atom is -0.493 e. The van der Waals surface area contributed by atoms with Crippen molar-refractivity contribution in [3.05, 3.63) is 62.6 Å². The average Bonchev–Trinajstić information content (AvgIpc) is 2.39. The van der Waals surface area contributed by atoms with E-state index in [1.54, 1.807) is 0 Å². The Morgan fingerprint density at radius 2 is 1.71 bits per heavy atom. The van der Waals surface area contributed by atoms with Gasteiger partial charge in [-0.25, -0.2) is 0 Å². The van der Waals surface area contributed by atoms with Crippen molar-refractivity contribution in [2.45, 2.75) is 27.7 Å². The molecule has 0 saturated carbocycles. The van der Waals surface area contributed by atoms with Gasteiger partial charge in [-0.2, -0.15) is 0 Å². The van der Waals surface area contributed by atoms with Crippen molar-refractivity contribution < 1.29 is 9.53 Å². The third-order valence-corrected chi connectivity index (χ3v) is 3.88. The highest BCUT2D eigenvalue weighted by molar-refractivity contribution is 9.10. The number of ketones is 1. The second-order valence-corrected chi connectivity index (χ2v) is 6.09. The fraction of sp³-hybridized carbons (Fsp3) is 0.278. The van der Waals surface area contributed by atoms with Crippen molar-refractivity contribution in [3.8, 4) is 5.75 Å². The van der Waals surface area contributed by atoms with Gasteiger partial charge < -0.3 is 4.74 Å². The number of rotatable bonds is 4. The van der Waals surface area contributed by atoms with E-state index >= 15 is 0 Å². The smallest absolute Gasteiger partial charge is 0.197 e. The molecule has 2 aromatic carbocycles. The van der Waals surface area contributed by atoms with Gasteiger partial charge in [0.15, 0.2) is 5.78 Å². The van der Waals surface area contributed by atoms with Gasteiger partial charge in [0.2, 0.25) is 0 Å². The fourth-order valence-corrected chi connectivity index (χ4v) is 2.99. The van der Waals surface area contributed by atoms with E-state index in [4.69, 9.17) is 4.74 Å². The summed E-state index contributed by atoms with van der Waals surface area (Å²) in [5.74, 6) is 0.639. The maximum atomic E-state index is 12.9. The van der Waals surface area contributed by atoms with Crippen molar-refractivity contribution in [2.24, 2.45) is 0 Å². The van der Waals surface area contributed by atoms with Gasteiger partial charge >= 0.3 is 0 Å². The van der Waals surface area contributed by atoms with Crippen LogP contribution in [0.1, 0.15) is 39.5 Å². The lowest BCUT2D eigenvalue weighted by Gasteiger charge is -2.14. The molecule has 0 radical (unpaired) electrons. The number of hydrogen-bond acceptors (Lipinski definition) is 2. The van der Waals surface area contributed by atoms with E-state index in [9.17, 15) is 4.79 Å². The summed E-state index contributed by atoms with van der Waals surface area (Å²) < 4.78 is 6.47. The Bertz CT molecular complexity index is 667. The standard InChI is InChI=1S/C18H19BrO2/c1-5-21-16-7-6-14(19)10-15(16)18(20)17-12(3)8-11(2)9-13(17)4/h6-10H,5H2,1-4H3. The molecule has 0 unspecified atom stereocenters. The molecular weight excluding hydrogens is 328 g/mol. The number of hydrogen-bond donors (Lipinski definition) is 0. The molecular formula is C18H19BrO2. The largest absolute Gasteiger partial charge is 0.493 e. The Hall–Kier alpha value is -1.61. The summed E-state index contributed by atoms with van der Waals surface area (Å²) in [6, 6.07) is 9.62. The zero-order valence-electron chi connectivity index (χ0n) is 12.8. The maximum absolute atomic E-state index is 12.9. The molecule has 0 aliphatic rings. The van der Waals surface area contributed by atoms with Crippen LogP contribution in [0.15, 0.2) is 34.8 Å². The summed E-state index contributed by atoms with van der Waals surface area (Å²) >= 11 is 3.43. The first-order valence-corrected chi connectivity index (χ1v) is 7.78. The number of aryl methyl sites for hydroxylation is 3. The molecule has 0 aromatic heterocycles. The van der Waals surface area contributed by atoms with Crippen LogP contribution in [0.2, 0.25) is 0 Å². The molecule has 0 bridgehead atoms. The number of benzene rings is 2. The Balaban J connectivity index is 2.57. The summed E-state index contributed by atoms with van der Waals surface area (Å²) in [6.07, 6.45) is 0. The highest BCUT2D eigenvalue weighted by atomic mass is 79.9. The van der Waals surface area contributed by atoms with Gasteiger partial charge in [0.05, 0.1) is 12.2 Å². The van der Waals surface area contributed by atoms with Crippen molar-refractivity contribution in [1.82, 2.24) is 0 Å². The Morgan fingerprint density at radius 1 is 1.10 bits per heavy atom. The average molecular weight is 347 g/mol. The highest BCUT2D eigenvalue weighted by Gasteiger charge is 2.19. The molecule has 0 atom stereocenters. The zero-order valence-corrected chi connectivity index (χ0v) is 14.4. The van der Waals surface area contributed by atoms with Crippen LogP contribution < -0.4 is 4.74 Å². The first-order chi connectivity index (χ1) is 9.93. The van der Waals surface area contributed by atoms with Crippen LogP contribution in [-0.4, -0.2) is 12.4 Å². The summed E-state index contributed by atoms with van der Waals surface area (Å²) in [4.78, 5) is 12.9. The maximum Gasteiger partial charge on any atom is 0.197 e. The SMILES string of the molecule is CCOc1ccc(Br)cc1C(=O)c1c(C)cc(C)cc1C. The predicted molar refractivity (Wildman–Crippen MR) is 89.4 cm³/mol. The Labute approximate surface area is 134 Å². The van der Waals surface area contributed by atoms with Gasteiger partial charge in [0, 0.05) is 10.0 Å². The normalized spacial score (nSPS) is 10.5. The van der Waals surface area contributed by atoms with Crippen LogP contribution in [0.4, 0.5) is 0 Å². The van der Waals surface area contributed by atoms with Gasteiger partial charge in [-0.15, -0.1) is 0 Å². The molecule has 0 fully saturated rings. The molecule has 0 saturated heterocycles. The van der Waals surface area contributed by atoms with E-state index in [1.165, 1.54) is 5.56 Å². The molecule has 0 spiro atoms. The molecule has 2 nitrogen and oxygen atoms in total. The van der Waals surface area contributed by atoms with Gasteiger partial charge in [-0.3, -0.25) is 4.79 Å². The van der Waals surface area contributed by atoms with E-state index in [1.807, 2.05) is 58.0 Å². The Kier molecular flexibility index (Phi) is 4.84. The highest BCUT2D eigenvalue weighted by Crippen LogP contribution is 2.28. The number of carbonyl (C=O) groups excluding carboxylic acids is 1. The topological polar surface area (TPSA) is 26.3 Å². The van der Waals surface area contributed by atoms with E-state index in [-0.39, 0.29) is 5.78 Å². The summed E-state index contributed by atoms with van der Waals surface area (Å²) in [7, 11) is 0. The van der Waals surface area contributed by atoms with Crippen molar-refractivity contribution in [2.75, 3.05) is 6.61 Å². The Morgan fingerprint density at radius 3 is 2.29 bits per heavy atom. The number of halogens is 1. The second-order valence-electron chi connectivity index (χ2n) is 5.18. The van der Waals surface area contributed by atoms with Crippen LogP contribution in [0.3, 0.4) is 0 Å². The monoisotopic (exact) mass is 346 g/mol. The molecule has 3 heteroatoms. The third-order valence-electron chi connectivity index (χ3n) is 3.39. The molecule has 2 rings (SSSR count). The quantitative estimate of drug-likeness (QED) is 0.727. The van der Waals surface area contributed by atoms with Gasteiger partial charge in [-0.1, -0.05) is 33.6 Å². The number of carbonyl (C=O) groups is 1. The summed E-state index contributed by atoms with van der Waals surface area (Å²) in [5.41, 5.74) is 4.53. The van der Waals surface area contributed by atoms with Crippen molar-refractivity contribution in [1.29, 1.82) is 0 Å². The van der Waals surface area contributed by atoms with Crippen LogP contribution >= 0.6 is 15.9 Å². The fourth-order valence-electron chi connectivity index (χ4n) is 2.63. The molecule has 0 heterocycles. The predicted octanol–water partition coefficient (Wildman–Crippen LogP) is 5.00. The number of ether oxygens (including phenoxy) is 1. The first-order valence-electron chi connectivity index (χ1n) is 6.99. The zero-order chi connectivity index (χ0) is 15.6. The van der Waals surface area contributed by atoms with Crippen molar-refractivity contribution >= 4 is 21.7 Å². The molecule has 0 amide bonds. The minimum atomic E-state index is 0.00903. The van der Waals surface area contributed by atoms with Crippen molar-refractivity contribution in [3.63, 3.8) is 0 Å². The summed E-state index contributed by atoms with van der Waals surface area (Å²) in [5, 5.41) is 0. The molecule has 0 aliphatic heterocycles. The third kappa shape index (κ3) is 3.35. The van der Waals surface area contributed by atoms with E-state index in [0.717, 1.165) is 21.2 Å². The molecule has 0 aliphatic carbocycles. The molecule has 0 N–H and O–H groups in total. The molecule has 110 valence electrons. The minimum absolute atomic E-state index is 0.00903. The lowest BCUT2D eigenvalue weighted by Crippen LogP contribution is -2.09. The van der Waals surface area contributed by atoms with Gasteiger partial charge in [-0.05, 0) is 57.0 Å². The first kappa shape index (κ1) is 15.8. The van der Waals surface area contributed by atoms with Gasteiger partial charge in [0.1, 0.15) is 5.75 Å². The lowest BCUT2D eigenvalue weighted by molar-refractivity contribution is 0.103. The van der Waals surface area contributed by atoms with Crippen LogP contribution in [0.5, 0.6) is 5.75 Å². The van der Waals surface area contributed by atoms with Crippen LogP contribution in [0, 0.1) is 20.8 Å². The van der Waals surface area contributed by atoms with E-state index in [2.05, 4.69) is 15.9 Å².